The molecule has 2 aliphatic heterocycles. The van der Waals surface area contributed by atoms with Gasteiger partial charge in [-0.3, -0.25) is 0 Å². The van der Waals surface area contributed by atoms with Gasteiger partial charge in [0, 0.05) is 28.4 Å². The lowest BCUT2D eigenvalue weighted by Gasteiger charge is -2.33. The summed E-state index contributed by atoms with van der Waals surface area (Å²) in [6.45, 7) is 0.0448. The van der Waals surface area contributed by atoms with Crippen LogP contribution in [0.4, 0.5) is 0 Å². The van der Waals surface area contributed by atoms with Crippen molar-refractivity contribution in [2.75, 3.05) is 0 Å². The number of benzene rings is 8. The molecule has 0 saturated carbocycles. The van der Waals surface area contributed by atoms with E-state index in [0.29, 0.717) is 0 Å². The van der Waals surface area contributed by atoms with Crippen molar-refractivity contribution in [1.82, 2.24) is 4.57 Å². The maximum Gasteiger partial charge on any atom is 0.260 e. The molecule has 0 spiro atoms. The number of hydrogen-bond donors (Lipinski definition) is 0. The number of hydrogen-bond acceptors (Lipinski definition) is 2. The highest BCUT2D eigenvalue weighted by Gasteiger charge is 2.40. The molecule has 0 saturated heterocycles. The quantitative estimate of drug-likeness (QED) is 0.144. The van der Waals surface area contributed by atoms with Gasteiger partial charge in [-0.25, -0.2) is 0 Å². The van der Waals surface area contributed by atoms with Crippen LogP contribution < -0.4 is 25.9 Å². The Bertz CT molecular complexity index is 2690. The highest BCUT2D eigenvalue weighted by Crippen LogP contribution is 2.42. The van der Waals surface area contributed by atoms with Crippen molar-refractivity contribution in [2.45, 2.75) is 0 Å². The van der Waals surface area contributed by atoms with Gasteiger partial charge in [0.15, 0.2) is 0 Å². The third kappa shape index (κ3) is 3.54. The molecule has 2 aliphatic rings. The molecule has 0 bridgehead atoms. The van der Waals surface area contributed by atoms with E-state index in [2.05, 4.69) is 150 Å². The van der Waals surface area contributed by atoms with E-state index in [0.717, 1.165) is 45.2 Å². The molecular formula is C44H26BNO2. The molecule has 0 unspecified atom stereocenters. The number of fused-ring (bicyclic) bond motifs is 9. The molecule has 0 atom stereocenters. The molecule has 0 radical (unpaired) electrons. The van der Waals surface area contributed by atoms with Crippen molar-refractivity contribution in [1.29, 1.82) is 0 Å². The molecule has 3 heterocycles. The third-order valence-corrected chi connectivity index (χ3v) is 10.3. The lowest BCUT2D eigenvalue weighted by atomic mass is 9.35. The van der Waals surface area contributed by atoms with Crippen LogP contribution in [0.3, 0.4) is 0 Å². The molecule has 222 valence electrons. The predicted molar refractivity (Wildman–Crippen MR) is 199 cm³/mol. The summed E-state index contributed by atoms with van der Waals surface area (Å²) in [5.41, 5.74) is 9.15. The first-order valence-corrected chi connectivity index (χ1v) is 16.5. The monoisotopic (exact) mass is 611 g/mol. The molecule has 0 amide bonds. The second-order valence-electron chi connectivity index (χ2n) is 12.8. The highest BCUT2D eigenvalue weighted by molar-refractivity contribution is 6.98. The molecule has 8 aromatic carbocycles. The van der Waals surface area contributed by atoms with Gasteiger partial charge in [-0.1, -0.05) is 115 Å². The maximum atomic E-state index is 6.70. The molecule has 11 rings (SSSR count). The first-order valence-electron chi connectivity index (χ1n) is 16.5. The Labute approximate surface area is 277 Å². The average molecular weight is 612 g/mol. The number of para-hydroxylation sites is 3. The van der Waals surface area contributed by atoms with Gasteiger partial charge in [0.25, 0.3) is 6.71 Å². The van der Waals surface area contributed by atoms with Crippen molar-refractivity contribution in [3.05, 3.63) is 158 Å². The minimum Gasteiger partial charge on any atom is -0.458 e. The number of aromatic nitrogens is 1. The minimum atomic E-state index is 0.0448. The average Bonchev–Trinajstić information content (AvgIpc) is 3.47. The molecule has 0 N–H and O–H groups in total. The van der Waals surface area contributed by atoms with Gasteiger partial charge in [-0.15, -0.1) is 0 Å². The van der Waals surface area contributed by atoms with Gasteiger partial charge in [0.05, 0.1) is 16.7 Å². The summed E-state index contributed by atoms with van der Waals surface area (Å²) in [7, 11) is 0. The van der Waals surface area contributed by atoms with E-state index in [1.165, 1.54) is 54.4 Å². The topological polar surface area (TPSA) is 23.4 Å². The van der Waals surface area contributed by atoms with Crippen molar-refractivity contribution in [2.24, 2.45) is 0 Å². The minimum absolute atomic E-state index is 0.0448. The van der Waals surface area contributed by atoms with Crippen molar-refractivity contribution in [3.63, 3.8) is 0 Å². The number of ether oxygens (including phenoxy) is 2. The third-order valence-electron chi connectivity index (χ3n) is 10.3. The van der Waals surface area contributed by atoms with E-state index in [-0.39, 0.29) is 6.71 Å². The summed E-state index contributed by atoms with van der Waals surface area (Å²) in [6.07, 6.45) is 0. The van der Waals surface area contributed by atoms with Crippen LogP contribution in [0.25, 0.3) is 60.2 Å². The van der Waals surface area contributed by atoms with Crippen LogP contribution in [0.5, 0.6) is 23.0 Å². The molecule has 48 heavy (non-hydrogen) atoms. The van der Waals surface area contributed by atoms with Gasteiger partial charge < -0.3 is 14.0 Å². The van der Waals surface area contributed by atoms with Crippen LogP contribution in [-0.2, 0) is 0 Å². The SMILES string of the molecule is c1ccc2c(c1)Oc1cc(-n3c4ccccc4c4ccc(-c5c6ccccc6cc6ccccc56)cc43)cc3c1B2c1ccccc1O3. The summed E-state index contributed by atoms with van der Waals surface area (Å²) in [5, 5.41) is 7.41. The smallest absolute Gasteiger partial charge is 0.260 e. The summed E-state index contributed by atoms with van der Waals surface area (Å²) in [4.78, 5) is 0. The van der Waals surface area contributed by atoms with Crippen LogP contribution in [-0.4, -0.2) is 11.3 Å². The fourth-order valence-electron chi connectivity index (χ4n) is 8.24. The summed E-state index contributed by atoms with van der Waals surface area (Å²) in [5.74, 6) is 3.45. The van der Waals surface area contributed by atoms with Gasteiger partial charge in [-0.05, 0) is 73.9 Å². The first-order chi connectivity index (χ1) is 23.8. The van der Waals surface area contributed by atoms with Crippen LogP contribution in [0.1, 0.15) is 0 Å². The fourth-order valence-corrected chi connectivity index (χ4v) is 8.24. The zero-order valence-electron chi connectivity index (χ0n) is 25.9. The highest BCUT2D eigenvalue weighted by atomic mass is 16.5. The van der Waals surface area contributed by atoms with Gasteiger partial charge in [-0.2, -0.15) is 0 Å². The van der Waals surface area contributed by atoms with E-state index in [1.807, 2.05) is 12.1 Å². The van der Waals surface area contributed by atoms with E-state index in [1.54, 1.807) is 0 Å². The lowest BCUT2D eigenvalue weighted by molar-refractivity contribution is 0.464. The molecule has 3 nitrogen and oxygen atoms in total. The molecule has 1 aromatic heterocycles. The zero-order chi connectivity index (χ0) is 31.3. The largest absolute Gasteiger partial charge is 0.458 e. The molecule has 4 heteroatoms. The zero-order valence-corrected chi connectivity index (χ0v) is 25.9. The predicted octanol–water partition coefficient (Wildman–Crippen LogP) is 9.48. The van der Waals surface area contributed by atoms with Crippen LogP contribution in [0.15, 0.2) is 158 Å². The van der Waals surface area contributed by atoms with Gasteiger partial charge in [0.2, 0.25) is 0 Å². The van der Waals surface area contributed by atoms with Crippen LogP contribution in [0, 0.1) is 0 Å². The van der Waals surface area contributed by atoms with Gasteiger partial charge >= 0.3 is 0 Å². The van der Waals surface area contributed by atoms with Crippen molar-refractivity contribution < 1.29 is 9.47 Å². The first kappa shape index (κ1) is 25.9. The van der Waals surface area contributed by atoms with E-state index in [9.17, 15) is 0 Å². The molecular weight excluding hydrogens is 585 g/mol. The molecule has 0 aliphatic carbocycles. The Balaban J connectivity index is 1.20. The summed E-state index contributed by atoms with van der Waals surface area (Å²) >= 11 is 0. The normalized spacial score (nSPS) is 12.9. The number of rotatable bonds is 2. The Hall–Kier alpha value is -6.26. The number of nitrogens with zero attached hydrogens (tertiary/aromatic N) is 1. The standard InChI is InChI=1S/C44H26BNO2/c1-3-13-31-27(11-1)23-28-12-2-4-14-32(28)43(31)29-21-22-34-33-15-5-8-18-37(33)46(38(34)24-29)30-25-41-44-42(26-30)48-40-20-10-7-17-36(40)45(44)35-16-6-9-19-39(35)47-41/h1-26H. The van der Waals surface area contributed by atoms with Crippen LogP contribution in [0.2, 0.25) is 0 Å². The molecule has 9 aromatic rings. The Morgan fingerprint density at radius 1 is 0.417 bits per heavy atom. The van der Waals surface area contributed by atoms with Crippen molar-refractivity contribution >= 4 is 66.5 Å². The summed E-state index contributed by atoms with van der Waals surface area (Å²) in [6, 6.07) is 56.5. The van der Waals surface area contributed by atoms with E-state index in [4.69, 9.17) is 9.47 Å². The Kier molecular flexibility index (Phi) is 5.19. The fraction of sp³-hybridized carbons (Fsp3) is 0. The Morgan fingerprint density at radius 3 is 1.62 bits per heavy atom. The van der Waals surface area contributed by atoms with Gasteiger partial charge in [0.1, 0.15) is 23.0 Å². The van der Waals surface area contributed by atoms with Crippen molar-refractivity contribution in [3.8, 4) is 39.8 Å². The van der Waals surface area contributed by atoms with E-state index < -0.39 is 0 Å². The molecule has 0 fully saturated rings. The lowest BCUT2D eigenvalue weighted by Crippen LogP contribution is -2.57. The van der Waals surface area contributed by atoms with Crippen LogP contribution >= 0.6 is 0 Å². The second kappa shape index (κ2) is 9.63. The second-order valence-corrected chi connectivity index (χ2v) is 12.8. The summed E-state index contributed by atoms with van der Waals surface area (Å²) < 4.78 is 15.8. The Morgan fingerprint density at radius 2 is 0.958 bits per heavy atom. The van der Waals surface area contributed by atoms with E-state index >= 15 is 0 Å². The maximum absolute atomic E-state index is 6.70.